The van der Waals surface area contributed by atoms with Gasteiger partial charge in [0.1, 0.15) is 10.7 Å². The Balaban J connectivity index is 0.000000188. The van der Waals surface area contributed by atoms with Gasteiger partial charge in [-0.05, 0) is 50.2 Å². The first-order chi connectivity index (χ1) is 22.7. The molecule has 4 heterocycles. The lowest BCUT2D eigenvalue weighted by atomic mass is 10.2. The molecule has 13 nitrogen and oxygen atoms in total. The molecule has 0 saturated heterocycles. The van der Waals surface area contributed by atoms with Crippen LogP contribution in [-0.4, -0.2) is 61.1 Å². The van der Waals surface area contributed by atoms with E-state index < -0.39 is 32.0 Å². The van der Waals surface area contributed by atoms with E-state index in [-0.39, 0.29) is 37.1 Å². The molecule has 248 valence electrons. The zero-order valence-corrected chi connectivity index (χ0v) is 28.2. The average Bonchev–Trinajstić information content (AvgIpc) is 3.71. The van der Waals surface area contributed by atoms with Crippen molar-refractivity contribution in [2.45, 2.75) is 23.6 Å². The topological polar surface area (TPSA) is 168 Å². The number of hydrogen-bond acceptors (Lipinski definition) is 10. The molecule has 0 radical (unpaired) electrons. The van der Waals surface area contributed by atoms with E-state index in [0.29, 0.717) is 15.5 Å². The monoisotopic (exact) mass is 711 g/mol. The van der Waals surface area contributed by atoms with Gasteiger partial charge in [0.25, 0.3) is 20.0 Å². The number of esters is 2. The minimum atomic E-state index is -3.90. The Morgan fingerprint density at radius 3 is 1.73 bits per heavy atom. The zero-order valence-electron chi connectivity index (χ0n) is 25.9. The van der Waals surface area contributed by atoms with Gasteiger partial charge in [0.15, 0.2) is 5.56 Å². The Hall–Kier alpha value is -5.25. The van der Waals surface area contributed by atoms with Crippen molar-refractivity contribution in [1.29, 1.82) is 0 Å². The minimum absolute atomic E-state index is 0.0255. The van der Waals surface area contributed by atoms with E-state index in [1.54, 1.807) is 24.3 Å². The van der Waals surface area contributed by atoms with Crippen LogP contribution in [0.2, 0.25) is 5.15 Å². The number of halogens is 1. The molecule has 6 aromatic rings. The largest absolute Gasteiger partial charge is 0.465 e. The van der Waals surface area contributed by atoms with Crippen molar-refractivity contribution in [3.05, 3.63) is 119 Å². The number of benzene rings is 2. The number of pyridine rings is 2. The first-order valence-corrected chi connectivity index (χ1v) is 17.2. The summed E-state index contributed by atoms with van der Waals surface area (Å²) in [6.07, 6.45) is 6.31. The van der Waals surface area contributed by atoms with Crippen molar-refractivity contribution in [3.8, 4) is 0 Å². The summed E-state index contributed by atoms with van der Waals surface area (Å²) in [6.45, 7) is 3.72. The van der Waals surface area contributed by atoms with Crippen molar-refractivity contribution >= 4 is 65.4 Å². The Morgan fingerprint density at radius 1 is 0.729 bits per heavy atom. The summed E-state index contributed by atoms with van der Waals surface area (Å²) in [6, 6.07) is 15.8. The van der Waals surface area contributed by atoms with Gasteiger partial charge in [0, 0.05) is 28.7 Å². The molecule has 2 aromatic carbocycles. The van der Waals surface area contributed by atoms with Crippen LogP contribution in [-0.2, 0) is 29.5 Å². The lowest BCUT2D eigenvalue weighted by Crippen LogP contribution is -2.30. The van der Waals surface area contributed by atoms with Gasteiger partial charge in [-0.2, -0.15) is 0 Å². The van der Waals surface area contributed by atoms with Gasteiger partial charge >= 0.3 is 11.9 Å². The molecule has 48 heavy (non-hydrogen) atoms. The fourth-order valence-corrected chi connectivity index (χ4v) is 7.78. The maximum Gasteiger partial charge on any atom is 0.346 e. The summed E-state index contributed by atoms with van der Waals surface area (Å²) in [4.78, 5) is 28.1. The van der Waals surface area contributed by atoms with E-state index in [0.717, 1.165) is 25.3 Å². The van der Waals surface area contributed by atoms with E-state index in [9.17, 15) is 31.6 Å². The van der Waals surface area contributed by atoms with Crippen molar-refractivity contribution in [2.75, 3.05) is 14.2 Å². The average molecular weight is 712 g/mol. The van der Waals surface area contributed by atoms with Gasteiger partial charge < -0.3 is 9.47 Å². The molecule has 0 aliphatic heterocycles. The van der Waals surface area contributed by atoms with Gasteiger partial charge in [-0.1, -0.05) is 47.0 Å². The number of carbonyl (C=O) groups is 2. The number of rotatable bonds is 6. The van der Waals surface area contributed by atoms with E-state index in [4.69, 9.17) is 16.3 Å². The summed E-state index contributed by atoms with van der Waals surface area (Å²) in [5.41, 5.74) is 2.13. The molecule has 0 amide bonds. The molecule has 0 aliphatic rings. The molecule has 0 fully saturated rings. The van der Waals surface area contributed by atoms with Crippen LogP contribution in [0.5, 0.6) is 0 Å². The van der Waals surface area contributed by atoms with Crippen molar-refractivity contribution in [3.63, 3.8) is 0 Å². The highest BCUT2D eigenvalue weighted by Crippen LogP contribution is 2.30. The highest BCUT2D eigenvalue weighted by atomic mass is 35.5. The number of aromatic nitrogens is 4. The van der Waals surface area contributed by atoms with E-state index in [1.807, 2.05) is 13.8 Å². The van der Waals surface area contributed by atoms with Crippen LogP contribution in [0.25, 0.3) is 21.8 Å². The molecule has 0 aliphatic carbocycles. The van der Waals surface area contributed by atoms with Crippen LogP contribution >= 0.6 is 11.6 Å². The highest BCUT2D eigenvalue weighted by molar-refractivity contribution is 7.90. The molecule has 0 atom stereocenters. The van der Waals surface area contributed by atoms with Gasteiger partial charge in [0.05, 0.1) is 40.4 Å². The quantitative estimate of drug-likeness (QED) is 0.112. The third-order valence-electron chi connectivity index (χ3n) is 7.27. The van der Waals surface area contributed by atoms with Gasteiger partial charge in [-0.25, -0.2) is 39.4 Å². The molecule has 0 unspecified atom stereocenters. The molecule has 1 N–H and O–H groups in total. The second-order valence-electron chi connectivity index (χ2n) is 10.4. The Bertz CT molecular complexity index is 2420. The van der Waals surface area contributed by atoms with E-state index in [2.05, 4.69) is 9.72 Å². The van der Waals surface area contributed by atoms with Gasteiger partial charge in [0.2, 0.25) is 12.4 Å². The van der Waals surface area contributed by atoms with Crippen LogP contribution in [0.1, 0.15) is 31.8 Å². The number of methoxy groups -OCH3 is 2. The number of hydrogen-bond donors (Lipinski definition) is 1. The van der Waals surface area contributed by atoms with Crippen LogP contribution < -0.4 is 4.73 Å². The van der Waals surface area contributed by atoms with Crippen molar-refractivity contribution < 1.29 is 45.8 Å². The van der Waals surface area contributed by atoms with E-state index in [1.165, 1.54) is 75.4 Å². The number of nitrogens with zero attached hydrogens (tertiary/aromatic N) is 4. The first kappa shape index (κ1) is 34.1. The second-order valence-corrected chi connectivity index (χ2v) is 14.4. The first-order valence-electron chi connectivity index (χ1n) is 13.9. The lowest BCUT2D eigenvalue weighted by Gasteiger charge is -2.10. The zero-order chi connectivity index (χ0) is 35.0. The molecule has 0 saturated carbocycles. The Labute approximate surface area is 280 Å². The summed E-state index contributed by atoms with van der Waals surface area (Å²) >= 11 is 6.04. The number of fused-ring (bicyclic) bond motifs is 2. The molecular weight excluding hydrogens is 684 g/mol. The van der Waals surface area contributed by atoms with Crippen LogP contribution in [0.4, 0.5) is 0 Å². The lowest BCUT2D eigenvalue weighted by molar-refractivity contribution is -0.904. The smallest absolute Gasteiger partial charge is 0.346 e. The molecule has 6 rings (SSSR count). The standard InChI is InChI=1S/C16H13ClN2O4S.C16H15N2O5S/c1-10-3-5-11(6-4-10)24(21,22)19-8-7-12-14(19)13(16(20)23-2)9-18-15(12)17;1-11-3-5-13(6-4-11)24(21,22)18-8-7-12-9-17(20)10-14(15(12)18)16(19)23-2/h3-9H,1-2H3;3-10,20H,1-2H3/q;+1. The summed E-state index contributed by atoms with van der Waals surface area (Å²) < 4.78 is 63.8. The number of ether oxygens (including phenoxy) is 2. The third kappa shape index (κ3) is 6.22. The van der Waals surface area contributed by atoms with Gasteiger partial charge in [-0.3, -0.25) is 5.21 Å². The molecule has 4 aromatic heterocycles. The normalized spacial score (nSPS) is 11.6. The number of carbonyl (C=O) groups excluding carboxylic acids is 2. The van der Waals surface area contributed by atoms with Gasteiger partial charge in [-0.15, -0.1) is 0 Å². The minimum Gasteiger partial charge on any atom is -0.465 e. The summed E-state index contributed by atoms with van der Waals surface area (Å²) in [5.74, 6) is -1.44. The molecule has 16 heteroatoms. The van der Waals surface area contributed by atoms with Crippen molar-refractivity contribution in [2.24, 2.45) is 0 Å². The molecule has 0 spiro atoms. The van der Waals surface area contributed by atoms with E-state index >= 15 is 0 Å². The molecular formula is C32H28ClN4O9S2+. The predicted molar refractivity (Wildman–Crippen MR) is 174 cm³/mol. The fourth-order valence-electron chi connectivity index (χ4n) is 4.84. The fraction of sp³-hybridized carbons (Fsp3) is 0.125. The van der Waals surface area contributed by atoms with Crippen molar-refractivity contribution in [1.82, 2.24) is 12.9 Å². The maximum atomic E-state index is 12.9. The van der Waals surface area contributed by atoms with Crippen LogP contribution in [0.3, 0.4) is 0 Å². The van der Waals surface area contributed by atoms with Crippen LogP contribution in [0, 0.1) is 13.8 Å². The molecule has 0 bridgehead atoms. The predicted octanol–water partition coefficient (Wildman–Crippen LogP) is 4.52. The van der Waals surface area contributed by atoms with Crippen LogP contribution in [0.15, 0.2) is 101 Å². The summed E-state index contributed by atoms with van der Waals surface area (Å²) in [7, 11) is -5.40. The Morgan fingerprint density at radius 2 is 1.21 bits per heavy atom. The SMILES string of the molecule is COC(=O)c1c[n+](O)cc2ccn(S(=O)(=O)c3ccc(C)cc3)c12.COC(=O)c1cnc(Cl)c2ccn(S(=O)(=O)c3ccc(C)cc3)c12. The Kier molecular flexibility index (Phi) is 9.30. The maximum absolute atomic E-state index is 12.9. The summed E-state index contributed by atoms with van der Waals surface area (Å²) in [5, 5.41) is 10.5. The third-order valence-corrected chi connectivity index (χ3v) is 11.0. The number of aryl methyl sites for hydroxylation is 2. The second kappa shape index (κ2) is 13.1. The highest BCUT2D eigenvalue weighted by Gasteiger charge is 2.27.